The summed E-state index contributed by atoms with van der Waals surface area (Å²) in [5.74, 6) is 2.63. The Balaban J connectivity index is 1.14. The van der Waals surface area contributed by atoms with Crippen molar-refractivity contribution in [3.8, 4) is 67.7 Å². The van der Waals surface area contributed by atoms with Crippen molar-refractivity contribution in [3.05, 3.63) is 200 Å². The van der Waals surface area contributed by atoms with E-state index in [0.717, 1.165) is 61.2 Å². The van der Waals surface area contributed by atoms with Crippen molar-refractivity contribution < 1.29 is 4.42 Å². The molecule has 0 spiro atoms. The van der Waals surface area contributed by atoms with Crippen LogP contribution in [0.15, 0.2) is 205 Å². The first-order chi connectivity index (χ1) is 28.2. The zero-order valence-corrected chi connectivity index (χ0v) is 30.8. The van der Waals surface area contributed by atoms with Crippen LogP contribution in [0.25, 0.3) is 111 Å². The topological polar surface area (TPSA) is 51.8 Å². The van der Waals surface area contributed by atoms with Gasteiger partial charge in [0, 0.05) is 27.6 Å². The molecule has 4 nitrogen and oxygen atoms in total. The molecule has 0 aliphatic heterocycles. The summed E-state index contributed by atoms with van der Waals surface area (Å²) < 4.78 is 6.21. The number of furan rings is 1. The number of para-hydroxylation sites is 1. The van der Waals surface area contributed by atoms with Crippen molar-refractivity contribution in [2.75, 3.05) is 0 Å². The fraction of sp³-hybridized carbons (Fsp3) is 0. The largest absolute Gasteiger partial charge is 0.456 e. The van der Waals surface area contributed by atoms with Crippen LogP contribution in [0.1, 0.15) is 0 Å². The Morgan fingerprint density at radius 2 is 0.860 bits per heavy atom. The minimum atomic E-state index is 0.595. The molecule has 0 saturated heterocycles. The molecule has 2 heterocycles. The first-order valence-electron chi connectivity index (χ1n) is 19.2. The molecule has 0 radical (unpaired) electrons. The summed E-state index contributed by atoms with van der Waals surface area (Å²) in [4.78, 5) is 15.8. The first kappa shape index (κ1) is 32.7. The number of rotatable bonds is 6. The lowest BCUT2D eigenvalue weighted by Gasteiger charge is -2.17. The van der Waals surface area contributed by atoms with Gasteiger partial charge in [0.15, 0.2) is 17.5 Å². The molecular formula is C53H33N3O. The second kappa shape index (κ2) is 13.6. The Kier molecular flexibility index (Phi) is 7.78. The minimum Gasteiger partial charge on any atom is -0.456 e. The molecule has 0 saturated carbocycles. The van der Waals surface area contributed by atoms with Crippen LogP contribution in [0.2, 0.25) is 0 Å². The Morgan fingerprint density at radius 1 is 0.298 bits per heavy atom. The molecule has 0 bridgehead atoms. The van der Waals surface area contributed by atoms with E-state index in [4.69, 9.17) is 19.4 Å². The maximum atomic E-state index is 6.21. The third kappa shape index (κ3) is 5.74. The van der Waals surface area contributed by atoms with Gasteiger partial charge in [-0.05, 0) is 72.8 Å². The number of benzene rings is 9. The van der Waals surface area contributed by atoms with Crippen molar-refractivity contribution in [3.63, 3.8) is 0 Å². The lowest BCUT2D eigenvalue weighted by molar-refractivity contribution is 0.631. The number of fused-ring (bicyclic) bond motifs is 5. The van der Waals surface area contributed by atoms with Crippen LogP contribution in [-0.4, -0.2) is 15.0 Å². The molecule has 0 unspecified atom stereocenters. The third-order valence-corrected chi connectivity index (χ3v) is 10.9. The average molecular weight is 728 g/mol. The molecular weight excluding hydrogens is 695 g/mol. The van der Waals surface area contributed by atoms with Gasteiger partial charge in [-0.3, -0.25) is 0 Å². The van der Waals surface area contributed by atoms with Crippen molar-refractivity contribution in [2.24, 2.45) is 0 Å². The van der Waals surface area contributed by atoms with Gasteiger partial charge in [0.2, 0.25) is 0 Å². The second-order valence-corrected chi connectivity index (χ2v) is 14.3. The van der Waals surface area contributed by atoms with Gasteiger partial charge in [0.1, 0.15) is 11.3 Å². The normalized spacial score (nSPS) is 11.5. The lowest BCUT2D eigenvalue weighted by atomic mass is 9.88. The van der Waals surface area contributed by atoms with E-state index in [2.05, 4.69) is 170 Å². The van der Waals surface area contributed by atoms with Gasteiger partial charge >= 0.3 is 0 Å². The highest BCUT2D eigenvalue weighted by Gasteiger charge is 2.20. The van der Waals surface area contributed by atoms with E-state index in [9.17, 15) is 0 Å². The Bertz CT molecular complexity index is 3260. The zero-order chi connectivity index (χ0) is 37.7. The van der Waals surface area contributed by atoms with Gasteiger partial charge in [-0.2, -0.15) is 0 Å². The summed E-state index contributed by atoms with van der Waals surface area (Å²) in [6.45, 7) is 0. The predicted octanol–water partition coefficient (Wildman–Crippen LogP) is 14.1. The summed E-state index contributed by atoms with van der Waals surface area (Å²) in [5.41, 5.74) is 8.99. The number of aromatic nitrogens is 3. The fourth-order valence-electron chi connectivity index (χ4n) is 8.21. The van der Waals surface area contributed by atoms with Gasteiger partial charge < -0.3 is 4.42 Å². The zero-order valence-electron chi connectivity index (χ0n) is 30.8. The summed E-state index contributed by atoms with van der Waals surface area (Å²) in [6, 6.07) is 69.9. The van der Waals surface area contributed by atoms with Gasteiger partial charge in [-0.1, -0.05) is 182 Å². The van der Waals surface area contributed by atoms with Crippen LogP contribution in [0.3, 0.4) is 0 Å². The third-order valence-electron chi connectivity index (χ3n) is 10.9. The molecule has 0 fully saturated rings. The van der Waals surface area contributed by atoms with E-state index >= 15 is 0 Å². The van der Waals surface area contributed by atoms with Crippen molar-refractivity contribution >= 4 is 43.3 Å². The number of nitrogens with zero attached hydrogens (tertiary/aromatic N) is 3. The van der Waals surface area contributed by atoms with E-state index in [0.29, 0.717) is 17.5 Å². The van der Waals surface area contributed by atoms with Gasteiger partial charge in [0.25, 0.3) is 0 Å². The first-order valence-corrected chi connectivity index (χ1v) is 19.2. The van der Waals surface area contributed by atoms with Gasteiger partial charge in [0.05, 0.1) is 0 Å². The standard InChI is InChI=1S/C53H33N3O/c1-2-14-34(15-3-1)40-19-9-11-23-45(40)52-54-51(37-28-26-36(27-29-37)49-33-39-18-6-13-25-48(39)57-49)55-53(56-52)46-24-12-10-22-43(46)50-42-21-8-5-17-38(42)32-47-41-20-7-4-16-35(41)30-31-44(47)50/h1-33H. The summed E-state index contributed by atoms with van der Waals surface area (Å²) in [6.07, 6.45) is 0. The molecule has 9 aromatic carbocycles. The molecule has 0 atom stereocenters. The van der Waals surface area contributed by atoms with Crippen LogP contribution in [-0.2, 0) is 0 Å². The van der Waals surface area contributed by atoms with E-state index < -0.39 is 0 Å². The summed E-state index contributed by atoms with van der Waals surface area (Å²) in [5, 5.41) is 8.29. The maximum absolute atomic E-state index is 6.21. The van der Waals surface area contributed by atoms with E-state index in [1.807, 2.05) is 30.3 Å². The Hall–Kier alpha value is -7.69. The lowest BCUT2D eigenvalue weighted by Crippen LogP contribution is -2.02. The molecule has 0 aliphatic carbocycles. The molecule has 11 rings (SSSR count). The Labute approximate surface area is 329 Å². The van der Waals surface area contributed by atoms with Crippen LogP contribution >= 0.6 is 0 Å². The summed E-state index contributed by atoms with van der Waals surface area (Å²) >= 11 is 0. The van der Waals surface area contributed by atoms with E-state index in [1.165, 1.54) is 32.3 Å². The number of hydrogen-bond acceptors (Lipinski definition) is 4. The van der Waals surface area contributed by atoms with Crippen molar-refractivity contribution in [2.45, 2.75) is 0 Å². The van der Waals surface area contributed by atoms with Gasteiger partial charge in [-0.25, -0.2) is 15.0 Å². The molecule has 266 valence electrons. The molecule has 0 N–H and O–H groups in total. The highest BCUT2D eigenvalue weighted by atomic mass is 16.3. The van der Waals surface area contributed by atoms with E-state index in [1.54, 1.807) is 0 Å². The van der Waals surface area contributed by atoms with Crippen molar-refractivity contribution in [1.82, 2.24) is 15.0 Å². The number of hydrogen-bond donors (Lipinski definition) is 0. The summed E-state index contributed by atoms with van der Waals surface area (Å²) in [7, 11) is 0. The van der Waals surface area contributed by atoms with Crippen LogP contribution in [0.4, 0.5) is 0 Å². The monoisotopic (exact) mass is 727 g/mol. The second-order valence-electron chi connectivity index (χ2n) is 14.3. The molecule has 57 heavy (non-hydrogen) atoms. The smallest absolute Gasteiger partial charge is 0.164 e. The van der Waals surface area contributed by atoms with Crippen LogP contribution < -0.4 is 0 Å². The molecule has 0 amide bonds. The molecule has 4 heteroatoms. The fourth-order valence-corrected chi connectivity index (χ4v) is 8.21. The SMILES string of the molecule is c1ccc(-c2ccccc2-c2nc(-c3ccc(-c4cc5ccccc5o4)cc3)nc(-c3ccccc3-c3c4ccccc4cc4c3ccc3ccccc34)n2)cc1. The highest BCUT2D eigenvalue weighted by Crippen LogP contribution is 2.43. The van der Waals surface area contributed by atoms with Crippen LogP contribution in [0, 0.1) is 0 Å². The average Bonchev–Trinajstić information content (AvgIpc) is 3.73. The van der Waals surface area contributed by atoms with E-state index in [-0.39, 0.29) is 0 Å². The van der Waals surface area contributed by atoms with Crippen molar-refractivity contribution in [1.29, 1.82) is 0 Å². The van der Waals surface area contributed by atoms with Gasteiger partial charge in [-0.15, -0.1) is 0 Å². The molecule has 0 aliphatic rings. The predicted molar refractivity (Wildman–Crippen MR) is 235 cm³/mol. The molecule has 11 aromatic rings. The quantitative estimate of drug-likeness (QED) is 0.126. The molecule has 2 aromatic heterocycles. The van der Waals surface area contributed by atoms with Crippen LogP contribution in [0.5, 0.6) is 0 Å². The highest BCUT2D eigenvalue weighted by molar-refractivity contribution is 6.21. The Morgan fingerprint density at radius 3 is 1.61 bits per heavy atom. The maximum Gasteiger partial charge on any atom is 0.164 e. The minimum absolute atomic E-state index is 0.595.